The molecule has 0 saturated carbocycles. The molecular formula is C11H9BrN2O. The fraction of sp³-hybridized carbons (Fsp3) is 0.273. The van der Waals surface area contributed by atoms with Gasteiger partial charge in [0.25, 0.3) is 0 Å². The zero-order valence-corrected chi connectivity index (χ0v) is 10.00. The molecule has 15 heavy (non-hydrogen) atoms. The van der Waals surface area contributed by atoms with Crippen LogP contribution in [0.15, 0.2) is 16.6 Å². The zero-order chi connectivity index (χ0) is 11.4. The Morgan fingerprint density at radius 1 is 1.27 bits per heavy atom. The first kappa shape index (κ1) is 11.6. The van der Waals surface area contributed by atoms with Gasteiger partial charge in [0.2, 0.25) is 0 Å². The Kier molecular flexibility index (Phi) is 3.71. The number of hydrogen-bond acceptors (Lipinski definition) is 3. The third-order valence-corrected chi connectivity index (χ3v) is 2.49. The third-order valence-electron chi connectivity index (χ3n) is 1.70. The van der Waals surface area contributed by atoms with Crippen molar-refractivity contribution < 1.29 is 4.74 Å². The summed E-state index contributed by atoms with van der Waals surface area (Å²) in [7, 11) is 0. The summed E-state index contributed by atoms with van der Waals surface area (Å²) in [6.07, 6.45) is 0.0285. The summed E-state index contributed by atoms with van der Waals surface area (Å²) >= 11 is 3.26. The predicted octanol–water partition coefficient (Wildman–Crippen LogP) is 2.98. The summed E-state index contributed by atoms with van der Waals surface area (Å²) in [5, 5.41) is 17.7. The van der Waals surface area contributed by atoms with Crippen LogP contribution in [0.3, 0.4) is 0 Å². The molecule has 0 aliphatic rings. The molecule has 0 aliphatic heterocycles. The number of halogens is 1. The van der Waals surface area contributed by atoms with Crippen molar-refractivity contribution in [1.82, 2.24) is 0 Å². The molecule has 1 rings (SSSR count). The van der Waals surface area contributed by atoms with Crippen molar-refractivity contribution in [3.63, 3.8) is 0 Å². The number of rotatable bonds is 2. The van der Waals surface area contributed by atoms with Crippen LogP contribution in [0.25, 0.3) is 0 Å². The summed E-state index contributed by atoms with van der Waals surface area (Å²) in [6, 6.07) is 7.21. The van der Waals surface area contributed by atoms with Gasteiger partial charge in [-0.2, -0.15) is 10.5 Å². The molecule has 0 aromatic heterocycles. The molecule has 0 aliphatic carbocycles. The predicted molar refractivity (Wildman–Crippen MR) is 59.3 cm³/mol. The van der Waals surface area contributed by atoms with Gasteiger partial charge in [0.05, 0.1) is 21.7 Å². The minimum atomic E-state index is 0.0285. The van der Waals surface area contributed by atoms with Gasteiger partial charge in [-0.1, -0.05) is 0 Å². The maximum Gasteiger partial charge on any atom is 0.135 e. The Morgan fingerprint density at radius 2 is 1.93 bits per heavy atom. The Balaban J connectivity index is 3.26. The lowest BCUT2D eigenvalue weighted by Gasteiger charge is -2.12. The standard InChI is InChI=1S/C11H9BrN2O/c1-7(2)15-10-4-3-8(5-13)9(6-14)11(10)12/h3-4,7H,1-2H3. The normalized spacial score (nSPS) is 9.47. The van der Waals surface area contributed by atoms with Crippen LogP contribution in [0.5, 0.6) is 5.75 Å². The van der Waals surface area contributed by atoms with Crippen molar-refractivity contribution >= 4 is 15.9 Å². The monoisotopic (exact) mass is 264 g/mol. The first-order chi connectivity index (χ1) is 7.10. The largest absolute Gasteiger partial charge is 0.490 e. The van der Waals surface area contributed by atoms with Crippen molar-refractivity contribution in [3.8, 4) is 17.9 Å². The van der Waals surface area contributed by atoms with Crippen molar-refractivity contribution in [2.24, 2.45) is 0 Å². The van der Waals surface area contributed by atoms with Crippen molar-refractivity contribution in [2.75, 3.05) is 0 Å². The summed E-state index contributed by atoms with van der Waals surface area (Å²) in [6.45, 7) is 3.80. The molecule has 0 radical (unpaired) electrons. The number of ether oxygens (including phenoxy) is 1. The fourth-order valence-corrected chi connectivity index (χ4v) is 1.63. The van der Waals surface area contributed by atoms with Crippen molar-refractivity contribution in [3.05, 3.63) is 27.7 Å². The van der Waals surface area contributed by atoms with Crippen LogP contribution in [-0.2, 0) is 0 Å². The van der Waals surface area contributed by atoms with Crippen LogP contribution in [0.4, 0.5) is 0 Å². The van der Waals surface area contributed by atoms with E-state index in [1.165, 1.54) is 0 Å². The first-order valence-electron chi connectivity index (χ1n) is 4.39. The van der Waals surface area contributed by atoms with Gasteiger partial charge in [-0.15, -0.1) is 0 Å². The Bertz CT molecular complexity index is 455. The van der Waals surface area contributed by atoms with E-state index in [9.17, 15) is 0 Å². The van der Waals surface area contributed by atoms with E-state index in [1.54, 1.807) is 12.1 Å². The average Bonchev–Trinajstić information content (AvgIpc) is 2.20. The molecule has 1 aromatic rings. The maximum atomic E-state index is 8.90. The highest BCUT2D eigenvalue weighted by molar-refractivity contribution is 9.10. The molecule has 1 aromatic carbocycles. The molecule has 0 amide bonds. The van der Waals surface area contributed by atoms with Gasteiger partial charge >= 0.3 is 0 Å². The third kappa shape index (κ3) is 2.49. The highest BCUT2D eigenvalue weighted by atomic mass is 79.9. The molecule has 4 heteroatoms. The van der Waals surface area contributed by atoms with Gasteiger partial charge in [-0.05, 0) is 41.9 Å². The molecule has 3 nitrogen and oxygen atoms in total. The maximum absolute atomic E-state index is 8.90. The lowest BCUT2D eigenvalue weighted by atomic mass is 10.1. The fourth-order valence-electron chi connectivity index (χ4n) is 1.10. The summed E-state index contributed by atoms with van der Waals surface area (Å²) in [5.41, 5.74) is 0.663. The van der Waals surface area contributed by atoms with Gasteiger partial charge in [-0.25, -0.2) is 0 Å². The van der Waals surface area contributed by atoms with Crippen LogP contribution in [0, 0.1) is 22.7 Å². The molecule has 0 unspecified atom stereocenters. The van der Waals surface area contributed by atoms with E-state index < -0.39 is 0 Å². The number of benzene rings is 1. The molecule has 0 heterocycles. The molecule has 0 atom stereocenters. The smallest absolute Gasteiger partial charge is 0.135 e. The van der Waals surface area contributed by atoms with Crippen LogP contribution in [-0.4, -0.2) is 6.10 Å². The second kappa shape index (κ2) is 4.82. The van der Waals surface area contributed by atoms with Crippen LogP contribution in [0.1, 0.15) is 25.0 Å². The van der Waals surface area contributed by atoms with E-state index in [0.717, 1.165) is 0 Å². The molecule has 76 valence electrons. The molecule has 0 fully saturated rings. The van der Waals surface area contributed by atoms with Crippen LogP contribution < -0.4 is 4.74 Å². The van der Waals surface area contributed by atoms with E-state index in [0.29, 0.717) is 21.3 Å². The Hall–Kier alpha value is -1.52. The quantitative estimate of drug-likeness (QED) is 0.825. The lowest BCUT2D eigenvalue weighted by molar-refractivity contribution is 0.241. The average molecular weight is 265 g/mol. The zero-order valence-electron chi connectivity index (χ0n) is 8.41. The van der Waals surface area contributed by atoms with Gasteiger partial charge in [0.15, 0.2) is 0 Å². The summed E-state index contributed by atoms with van der Waals surface area (Å²) in [5.74, 6) is 0.584. The number of hydrogen-bond donors (Lipinski definition) is 0. The number of nitriles is 2. The van der Waals surface area contributed by atoms with E-state index in [-0.39, 0.29) is 6.10 Å². The first-order valence-corrected chi connectivity index (χ1v) is 5.18. The number of nitrogens with zero attached hydrogens (tertiary/aromatic N) is 2. The molecule has 0 N–H and O–H groups in total. The van der Waals surface area contributed by atoms with Gasteiger partial charge in [0, 0.05) is 0 Å². The van der Waals surface area contributed by atoms with Crippen molar-refractivity contribution in [2.45, 2.75) is 20.0 Å². The van der Waals surface area contributed by atoms with E-state index in [2.05, 4.69) is 15.9 Å². The minimum absolute atomic E-state index is 0.0285. The van der Waals surface area contributed by atoms with Gasteiger partial charge in [0.1, 0.15) is 17.9 Å². The van der Waals surface area contributed by atoms with E-state index in [1.807, 2.05) is 26.0 Å². The summed E-state index contributed by atoms with van der Waals surface area (Å²) < 4.78 is 6.02. The van der Waals surface area contributed by atoms with Crippen LogP contribution in [0.2, 0.25) is 0 Å². The van der Waals surface area contributed by atoms with E-state index in [4.69, 9.17) is 15.3 Å². The van der Waals surface area contributed by atoms with Crippen molar-refractivity contribution in [1.29, 1.82) is 10.5 Å². The minimum Gasteiger partial charge on any atom is -0.490 e. The molecule has 0 saturated heterocycles. The second-order valence-corrected chi connectivity index (χ2v) is 3.98. The topological polar surface area (TPSA) is 56.8 Å². The highest BCUT2D eigenvalue weighted by Crippen LogP contribution is 2.31. The molecule has 0 spiro atoms. The highest BCUT2D eigenvalue weighted by Gasteiger charge is 2.12. The van der Waals surface area contributed by atoms with Crippen LogP contribution >= 0.6 is 15.9 Å². The SMILES string of the molecule is CC(C)Oc1ccc(C#N)c(C#N)c1Br. The van der Waals surface area contributed by atoms with E-state index >= 15 is 0 Å². The van der Waals surface area contributed by atoms with Gasteiger partial charge in [-0.3, -0.25) is 0 Å². The molecular weight excluding hydrogens is 256 g/mol. The van der Waals surface area contributed by atoms with Gasteiger partial charge < -0.3 is 4.74 Å². The Labute approximate surface area is 97.0 Å². The Morgan fingerprint density at radius 3 is 2.40 bits per heavy atom. The second-order valence-electron chi connectivity index (χ2n) is 3.19. The summed E-state index contributed by atoms with van der Waals surface area (Å²) in [4.78, 5) is 0. The lowest BCUT2D eigenvalue weighted by Crippen LogP contribution is -2.06. The molecule has 0 bridgehead atoms.